The molecule has 0 bridgehead atoms. The summed E-state index contributed by atoms with van der Waals surface area (Å²) in [4.78, 5) is 14.6. The molecule has 20 heavy (non-hydrogen) atoms. The first kappa shape index (κ1) is 17.7. The smallest absolute Gasteiger partial charge is 0.234 e. The highest BCUT2D eigenvalue weighted by Crippen LogP contribution is 2.34. The average Bonchev–Trinajstić information content (AvgIpc) is 2.42. The molecule has 1 saturated heterocycles. The van der Waals surface area contributed by atoms with E-state index in [4.69, 9.17) is 0 Å². The average molecular weight is 304 g/mol. The summed E-state index contributed by atoms with van der Waals surface area (Å²) in [7, 11) is 0. The zero-order valence-corrected chi connectivity index (χ0v) is 13.7. The monoisotopic (exact) mass is 303 g/mol. The maximum atomic E-state index is 12.1. The summed E-state index contributed by atoms with van der Waals surface area (Å²) in [6.45, 7) is 7.84. The van der Waals surface area contributed by atoms with Crippen LogP contribution in [0.4, 0.5) is 0 Å². The number of hydrogen-bond donors (Lipinski definition) is 2. The van der Waals surface area contributed by atoms with Crippen LogP contribution < -0.4 is 10.6 Å². The van der Waals surface area contributed by atoms with E-state index in [1.807, 2.05) is 0 Å². The highest BCUT2D eigenvalue weighted by Gasteiger charge is 2.40. The maximum Gasteiger partial charge on any atom is 0.234 e. The van der Waals surface area contributed by atoms with Gasteiger partial charge in [0.05, 0.1) is 6.54 Å². The van der Waals surface area contributed by atoms with Crippen LogP contribution >= 0.6 is 12.4 Å². The minimum Gasteiger partial charge on any atom is -0.353 e. The Kier molecular flexibility index (Phi) is 7.27. The molecule has 1 saturated carbocycles. The molecule has 118 valence electrons. The van der Waals surface area contributed by atoms with Gasteiger partial charge in [-0.1, -0.05) is 26.2 Å². The SMILES string of the molecule is CCC(C)NC(=O)CN1CCNCC12CCCCC2.Cl. The van der Waals surface area contributed by atoms with E-state index in [2.05, 4.69) is 29.4 Å². The van der Waals surface area contributed by atoms with Crippen molar-refractivity contribution in [2.45, 2.75) is 64.0 Å². The summed E-state index contributed by atoms with van der Waals surface area (Å²) in [5.41, 5.74) is 0.253. The standard InChI is InChI=1S/C15H29N3O.ClH/c1-3-13(2)17-14(19)11-18-10-9-16-12-15(18)7-5-4-6-8-15;/h13,16H,3-12H2,1-2H3,(H,17,19);1H. The number of halogens is 1. The fourth-order valence-electron chi connectivity index (χ4n) is 3.43. The molecule has 2 N–H and O–H groups in total. The third-order valence-corrected chi connectivity index (χ3v) is 4.82. The van der Waals surface area contributed by atoms with Gasteiger partial charge in [0.15, 0.2) is 0 Å². The zero-order valence-electron chi connectivity index (χ0n) is 12.9. The molecule has 2 aliphatic rings. The van der Waals surface area contributed by atoms with Crippen molar-refractivity contribution >= 4 is 18.3 Å². The molecule has 1 aliphatic heterocycles. The van der Waals surface area contributed by atoms with Crippen molar-refractivity contribution < 1.29 is 4.79 Å². The molecule has 4 nitrogen and oxygen atoms in total. The Bertz CT molecular complexity index is 297. The number of carbonyl (C=O) groups excluding carboxylic acids is 1. The van der Waals surface area contributed by atoms with Crippen LogP contribution in [0.3, 0.4) is 0 Å². The molecule has 1 spiro atoms. The van der Waals surface area contributed by atoms with Gasteiger partial charge in [-0.05, 0) is 26.2 Å². The first-order chi connectivity index (χ1) is 9.16. The lowest BCUT2D eigenvalue weighted by molar-refractivity contribution is -0.125. The molecular formula is C15H30ClN3O. The first-order valence-electron chi connectivity index (χ1n) is 7.91. The van der Waals surface area contributed by atoms with Crippen molar-refractivity contribution in [2.24, 2.45) is 0 Å². The van der Waals surface area contributed by atoms with Crippen LogP contribution in [-0.2, 0) is 4.79 Å². The molecule has 0 aromatic heterocycles. The number of nitrogens with zero attached hydrogens (tertiary/aromatic N) is 1. The van der Waals surface area contributed by atoms with E-state index in [0.29, 0.717) is 6.54 Å². The largest absolute Gasteiger partial charge is 0.353 e. The van der Waals surface area contributed by atoms with Gasteiger partial charge in [-0.25, -0.2) is 0 Å². The van der Waals surface area contributed by atoms with Gasteiger partial charge in [0, 0.05) is 31.2 Å². The van der Waals surface area contributed by atoms with Gasteiger partial charge in [0.1, 0.15) is 0 Å². The fraction of sp³-hybridized carbons (Fsp3) is 0.933. The quantitative estimate of drug-likeness (QED) is 0.834. The minimum absolute atomic E-state index is 0. The molecule has 2 fully saturated rings. The lowest BCUT2D eigenvalue weighted by atomic mass is 9.79. The molecule has 1 atom stereocenters. The summed E-state index contributed by atoms with van der Waals surface area (Å²) in [6.07, 6.45) is 7.47. The Morgan fingerprint density at radius 2 is 2.05 bits per heavy atom. The van der Waals surface area contributed by atoms with Crippen molar-refractivity contribution in [2.75, 3.05) is 26.2 Å². The van der Waals surface area contributed by atoms with E-state index in [9.17, 15) is 4.79 Å². The molecule has 5 heteroatoms. The van der Waals surface area contributed by atoms with Crippen LogP contribution in [0.15, 0.2) is 0 Å². The summed E-state index contributed by atoms with van der Waals surface area (Å²) in [5, 5.41) is 6.62. The molecule has 0 radical (unpaired) electrons. The van der Waals surface area contributed by atoms with Gasteiger partial charge in [-0.15, -0.1) is 12.4 Å². The van der Waals surface area contributed by atoms with E-state index < -0.39 is 0 Å². The predicted molar refractivity (Wildman–Crippen MR) is 85.4 cm³/mol. The summed E-state index contributed by atoms with van der Waals surface area (Å²) >= 11 is 0. The van der Waals surface area contributed by atoms with Crippen molar-refractivity contribution in [3.05, 3.63) is 0 Å². The van der Waals surface area contributed by atoms with Gasteiger partial charge in [-0.3, -0.25) is 9.69 Å². The van der Waals surface area contributed by atoms with E-state index in [-0.39, 0.29) is 29.9 Å². The Morgan fingerprint density at radius 1 is 1.35 bits per heavy atom. The number of rotatable bonds is 4. The van der Waals surface area contributed by atoms with Gasteiger partial charge in [0.2, 0.25) is 5.91 Å². The van der Waals surface area contributed by atoms with Crippen molar-refractivity contribution in [3.63, 3.8) is 0 Å². The molecule has 1 unspecified atom stereocenters. The van der Waals surface area contributed by atoms with Gasteiger partial charge < -0.3 is 10.6 Å². The molecule has 0 aromatic rings. The van der Waals surface area contributed by atoms with E-state index in [0.717, 1.165) is 26.1 Å². The van der Waals surface area contributed by atoms with E-state index in [1.54, 1.807) is 0 Å². The second-order valence-electron chi connectivity index (χ2n) is 6.26. The fourth-order valence-corrected chi connectivity index (χ4v) is 3.43. The van der Waals surface area contributed by atoms with Crippen molar-refractivity contribution in [1.82, 2.24) is 15.5 Å². The van der Waals surface area contributed by atoms with Crippen LogP contribution in [-0.4, -0.2) is 48.6 Å². The number of amides is 1. The third kappa shape index (κ3) is 4.34. The summed E-state index contributed by atoms with van der Waals surface area (Å²) in [6, 6.07) is 0.290. The number of carbonyl (C=O) groups is 1. The van der Waals surface area contributed by atoms with Crippen molar-refractivity contribution in [1.29, 1.82) is 0 Å². The number of nitrogens with one attached hydrogen (secondary N) is 2. The van der Waals surface area contributed by atoms with Crippen LogP contribution in [0.2, 0.25) is 0 Å². The Morgan fingerprint density at radius 3 is 2.70 bits per heavy atom. The number of piperazine rings is 1. The van der Waals surface area contributed by atoms with Crippen LogP contribution in [0.1, 0.15) is 52.4 Å². The topological polar surface area (TPSA) is 44.4 Å². The zero-order chi connectivity index (χ0) is 13.7. The Balaban J connectivity index is 0.00000200. The Hall–Kier alpha value is -0.320. The highest BCUT2D eigenvalue weighted by atomic mass is 35.5. The van der Waals surface area contributed by atoms with E-state index >= 15 is 0 Å². The lowest BCUT2D eigenvalue weighted by Crippen LogP contribution is -2.63. The van der Waals surface area contributed by atoms with Crippen LogP contribution in [0.5, 0.6) is 0 Å². The molecule has 2 rings (SSSR count). The van der Waals surface area contributed by atoms with Crippen LogP contribution in [0, 0.1) is 0 Å². The summed E-state index contributed by atoms with van der Waals surface area (Å²) in [5.74, 6) is 0.196. The molecule has 1 aliphatic carbocycles. The Labute approximate surface area is 129 Å². The summed E-state index contributed by atoms with van der Waals surface area (Å²) < 4.78 is 0. The third-order valence-electron chi connectivity index (χ3n) is 4.82. The van der Waals surface area contributed by atoms with Gasteiger partial charge in [0.25, 0.3) is 0 Å². The van der Waals surface area contributed by atoms with Gasteiger partial charge >= 0.3 is 0 Å². The van der Waals surface area contributed by atoms with E-state index in [1.165, 1.54) is 32.1 Å². The predicted octanol–water partition coefficient (Wildman–Crippen LogP) is 1.93. The molecule has 0 aromatic carbocycles. The van der Waals surface area contributed by atoms with Crippen molar-refractivity contribution in [3.8, 4) is 0 Å². The highest BCUT2D eigenvalue weighted by molar-refractivity contribution is 5.85. The minimum atomic E-state index is 0. The number of hydrogen-bond acceptors (Lipinski definition) is 3. The second-order valence-corrected chi connectivity index (χ2v) is 6.26. The van der Waals surface area contributed by atoms with Gasteiger partial charge in [-0.2, -0.15) is 0 Å². The normalized spacial score (nSPS) is 23.9. The maximum absolute atomic E-state index is 12.1. The molecule has 1 heterocycles. The second kappa shape index (κ2) is 8.20. The first-order valence-corrected chi connectivity index (χ1v) is 7.91. The lowest BCUT2D eigenvalue weighted by Gasteiger charge is -2.49. The van der Waals surface area contributed by atoms with Crippen LogP contribution in [0.25, 0.3) is 0 Å². The molecule has 1 amide bonds. The molecular weight excluding hydrogens is 274 g/mol.